The van der Waals surface area contributed by atoms with Crippen molar-refractivity contribution in [1.82, 2.24) is 5.32 Å². The van der Waals surface area contributed by atoms with Crippen molar-refractivity contribution in [1.29, 1.82) is 0 Å². The van der Waals surface area contributed by atoms with Crippen molar-refractivity contribution in [3.8, 4) is 0 Å². The summed E-state index contributed by atoms with van der Waals surface area (Å²) in [5.74, 6) is -1.47. The Balaban J connectivity index is 2.62. The highest BCUT2D eigenvalue weighted by Gasteiger charge is 2.17. The first-order chi connectivity index (χ1) is 8.85. The maximum absolute atomic E-state index is 13.5. The molecule has 1 rings (SSSR count). The molecule has 106 valence electrons. The van der Waals surface area contributed by atoms with Gasteiger partial charge in [-0.05, 0) is 39.0 Å². The number of carboxylic acid groups (broad SMARTS) is 1. The van der Waals surface area contributed by atoms with Crippen LogP contribution in [-0.2, 0) is 11.3 Å². The average Bonchev–Trinajstić information content (AvgIpc) is 2.30. The van der Waals surface area contributed by atoms with E-state index in [-0.39, 0.29) is 17.7 Å². The third-order valence-corrected chi connectivity index (χ3v) is 2.69. The van der Waals surface area contributed by atoms with Crippen LogP contribution in [0.4, 0.5) is 4.39 Å². The Morgan fingerprint density at radius 3 is 2.74 bits per heavy atom. The van der Waals surface area contributed by atoms with Crippen molar-refractivity contribution in [2.45, 2.75) is 32.9 Å². The molecule has 0 unspecified atom stereocenters. The standard InChI is InChI=1S/C14H20FNO3/c1-4-19-14(2,3)9-16-8-11-7-10(13(17)18)5-6-12(11)15/h5-7,16H,4,8-9H2,1-3H3,(H,17,18). The molecule has 0 atom stereocenters. The molecule has 0 heterocycles. The van der Waals surface area contributed by atoms with Crippen molar-refractivity contribution in [3.05, 3.63) is 35.1 Å². The van der Waals surface area contributed by atoms with Crippen LogP contribution >= 0.6 is 0 Å². The van der Waals surface area contributed by atoms with Gasteiger partial charge in [0.1, 0.15) is 5.82 Å². The molecule has 2 N–H and O–H groups in total. The number of rotatable bonds is 7. The van der Waals surface area contributed by atoms with Gasteiger partial charge in [0.05, 0.1) is 11.2 Å². The Morgan fingerprint density at radius 1 is 1.47 bits per heavy atom. The summed E-state index contributed by atoms with van der Waals surface area (Å²) in [7, 11) is 0. The van der Waals surface area contributed by atoms with Gasteiger partial charge in [0.15, 0.2) is 0 Å². The van der Waals surface area contributed by atoms with E-state index in [1.54, 1.807) is 0 Å². The summed E-state index contributed by atoms with van der Waals surface area (Å²) in [5, 5.41) is 11.9. The molecule has 0 aliphatic carbocycles. The summed E-state index contributed by atoms with van der Waals surface area (Å²) in [4.78, 5) is 10.8. The zero-order valence-electron chi connectivity index (χ0n) is 11.5. The second kappa shape index (κ2) is 6.63. The number of carbonyl (C=O) groups is 1. The van der Waals surface area contributed by atoms with Crippen LogP contribution in [0.15, 0.2) is 18.2 Å². The van der Waals surface area contributed by atoms with E-state index in [2.05, 4.69) is 5.32 Å². The third kappa shape index (κ3) is 4.96. The van der Waals surface area contributed by atoms with Crippen LogP contribution in [0.2, 0.25) is 0 Å². The summed E-state index contributed by atoms with van der Waals surface area (Å²) >= 11 is 0. The quantitative estimate of drug-likeness (QED) is 0.798. The normalized spacial score (nSPS) is 11.6. The topological polar surface area (TPSA) is 58.6 Å². The van der Waals surface area contributed by atoms with Gasteiger partial charge in [-0.3, -0.25) is 0 Å². The molecule has 0 aliphatic rings. The molecule has 0 fully saturated rings. The molecule has 0 saturated heterocycles. The van der Waals surface area contributed by atoms with Gasteiger partial charge in [-0.1, -0.05) is 0 Å². The predicted molar refractivity (Wildman–Crippen MR) is 70.8 cm³/mol. The first-order valence-electron chi connectivity index (χ1n) is 6.22. The molecule has 4 nitrogen and oxygen atoms in total. The summed E-state index contributed by atoms with van der Waals surface area (Å²) in [6.45, 7) is 7.22. The number of aromatic carboxylic acids is 1. The third-order valence-electron chi connectivity index (χ3n) is 2.69. The highest BCUT2D eigenvalue weighted by atomic mass is 19.1. The first-order valence-corrected chi connectivity index (χ1v) is 6.22. The minimum Gasteiger partial charge on any atom is -0.478 e. The second-order valence-corrected chi connectivity index (χ2v) is 4.91. The van der Waals surface area contributed by atoms with Crippen LogP contribution < -0.4 is 5.32 Å². The van der Waals surface area contributed by atoms with Gasteiger partial charge in [-0.15, -0.1) is 0 Å². The number of hydrogen-bond donors (Lipinski definition) is 2. The van der Waals surface area contributed by atoms with Gasteiger partial charge >= 0.3 is 5.97 Å². The van der Waals surface area contributed by atoms with E-state index in [9.17, 15) is 9.18 Å². The average molecular weight is 269 g/mol. The SMILES string of the molecule is CCOC(C)(C)CNCc1cc(C(=O)O)ccc1F. The monoisotopic (exact) mass is 269 g/mol. The molecule has 0 bridgehead atoms. The molecule has 0 aliphatic heterocycles. The second-order valence-electron chi connectivity index (χ2n) is 4.91. The lowest BCUT2D eigenvalue weighted by atomic mass is 10.1. The molecular weight excluding hydrogens is 249 g/mol. The van der Waals surface area contributed by atoms with Crippen LogP contribution in [0.3, 0.4) is 0 Å². The van der Waals surface area contributed by atoms with Gasteiger partial charge in [0.2, 0.25) is 0 Å². The Bertz CT molecular complexity index is 446. The summed E-state index contributed by atoms with van der Waals surface area (Å²) < 4.78 is 19.0. The number of halogens is 1. The van der Waals surface area contributed by atoms with Crippen molar-refractivity contribution >= 4 is 5.97 Å². The van der Waals surface area contributed by atoms with Crippen LogP contribution in [0, 0.1) is 5.82 Å². The van der Waals surface area contributed by atoms with E-state index in [1.807, 2.05) is 20.8 Å². The lowest BCUT2D eigenvalue weighted by molar-refractivity contribution is -0.00902. The number of nitrogens with one attached hydrogen (secondary N) is 1. The maximum Gasteiger partial charge on any atom is 0.335 e. The van der Waals surface area contributed by atoms with E-state index < -0.39 is 11.8 Å². The molecule has 0 spiro atoms. The molecule has 0 aromatic heterocycles. The van der Waals surface area contributed by atoms with E-state index in [4.69, 9.17) is 9.84 Å². The largest absolute Gasteiger partial charge is 0.478 e. The fraction of sp³-hybridized carbons (Fsp3) is 0.500. The number of hydrogen-bond acceptors (Lipinski definition) is 3. The van der Waals surface area contributed by atoms with Crippen molar-refractivity contribution in [2.75, 3.05) is 13.2 Å². The van der Waals surface area contributed by atoms with Crippen molar-refractivity contribution in [2.24, 2.45) is 0 Å². The predicted octanol–water partition coefficient (Wildman–Crippen LogP) is 2.43. The zero-order chi connectivity index (χ0) is 14.5. The van der Waals surface area contributed by atoms with Gasteiger partial charge in [0, 0.05) is 25.3 Å². The van der Waals surface area contributed by atoms with Gasteiger partial charge in [0.25, 0.3) is 0 Å². The smallest absolute Gasteiger partial charge is 0.335 e. The number of benzene rings is 1. The molecule has 0 radical (unpaired) electrons. The fourth-order valence-corrected chi connectivity index (χ4v) is 1.78. The van der Waals surface area contributed by atoms with Crippen LogP contribution in [0.5, 0.6) is 0 Å². The molecule has 1 aromatic carbocycles. The van der Waals surface area contributed by atoms with Gasteiger partial charge in [-0.25, -0.2) is 9.18 Å². The first kappa shape index (κ1) is 15.6. The molecule has 19 heavy (non-hydrogen) atoms. The summed E-state index contributed by atoms with van der Waals surface area (Å²) in [6, 6.07) is 3.78. The Morgan fingerprint density at radius 2 is 2.16 bits per heavy atom. The van der Waals surface area contributed by atoms with E-state index >= 15 is 0 Å². The Labute approximate surface area is 112 Å². The minimum atomic E-state index is -1.06. The van der Waals surface area contributed by atoms with Crippen LogP contribution in [-0.4, -0.2) is 29.8 Å². The van der Waals surface area contributed by atoms with Crippen LogP contribution in [0.1, 0.15) is 36.7 Å². The zero-order valence-corrected chi connectivity index (χ0v) is 11.5. The maximum atomic E-state index is 13.5. The van der Waals surface area contributed by atoms with Gasteiger partial charge < -0.3 is 15.2 Å². The molecule has 0 amide bonds. The Hall–Kier alpha value is -1.46. The lowest BCUT2D eigenvalue weighted by Crippen LogP contribution is -2.37. The van der Waals surface area contributed by atoms with E-state index in [0.29, 0.717) is 18.7 Å². The van der Waals surface area contributed by atoms with E-state index in [1.165, 1.54) is 18.2 Å². The fourth-order valence-electron chi connectivity index (χ4n) is 1.78. The number of carboxylic acids is 1. The lowest BCUT2D eigenvalue weighted by Gasteiger charge is -2.25. The molecule has 5 heteroatoms. The summed E-state index contributed by atoms with van der Waals surface area (Å²) in [6.07, 6.45) is 0. The van der Waals surface area contributed by atoms with E-state index in [0.717, 1.165) is 0 Å². The van der Waals surface area contributed by atoms with Crippen LogP contribution in [0.25, 0.3) is 0 Å². The highest BCUT2D eigenvalue weighted by molar-refractivity contribution is 5.87. The Kier molecular flexibility index (Phi) is 5.44. The summed E-state index contributed by atoms with van der Waals surface area (Å²) in [5.41, 5.74) is 0.0878. The van der Waals surface area contributed by atoms with Crippen molar-refractivity contribution in [3.63, 3.8) is 0 Å². The highest BCUT2D eigenvalue weighted by Crippen LogP contribution is 2.12. The molecule has 0 saturated carbocycles. The molecule has 1 aromatic rings. The molecular formula is C14H20FNO3. The van der Waals surface area contributed by atoms with Gasteiger partial charge in [-0.2, -0.15) is 0 Å². The number of ether oxygens (including phenoxy) is 1. The minimum absolute atomic E-state index is 0.0854. The van der Waals surface area contributed by atoms with Crippen molar-refractivity contribution < 1.29 is 19.0 Å².